The third kappa shape index (κ3) is 9.01. The third-order valence-electron chi connectivity index (χ3n) is 7.59. The van der Waals surface area contributed by atoms with Crippen LogP contribution in [0.3, 0.4) is 0 Å². The van der Waals surface area contributed by atoms with Crippen LogP contribution in [0.1, 0.15) is 99.0 Å². The van der Waals surface area contributed by atoms with Crippen molar-refractivity contribution in [1.82, 2.24) is 5.32 Å². The summed E-state index contributed by atoms with van der Waals surface area (Å²) in [7, 11) is 0. The number of alkyl halides is 3. The minimum atomic E-state index is -4.87. The fourth-order valence-corrected chi connectivity index (χ4v) is 5.32. The van der Waals surface area contributed by atoms with Gasteiger partial charge in [-0.15, -0.1) is 13.2 Å². The Morgan fingerprint density at radius 1 is 0.814 bits per heavy atom. The largest absolute Gasteiger partial charge is 0.573 e. The number of Topliss-reactive ketones (excluding diaryl/α,β-unsaturated/α-hetero) is 2. The third-order valence-corrected chi connectivity index (χ3v) is 7.59. The molecule has 1 amide bonds. The van der Waals surface area contributed by atoms with Crippen LogP contribution in [0.15, 0.2) is 72.8 Å². The Morgan fingerprint density at radius 3 is 1.98 bits per heavy atom. The predicted octanol–water partition coefficient (Wildman–Crippen LogP) is 7.08. The fraction of sp³-hybridized carbons (Fsp3) is 0.333. The number of rotatable bonds is 12. The highest BCUT2D eigenvalue weighted by Gasteiger charge is 2.31. The lowest BCUT2D eigenvalue weighted by Crippen LogP contribution is -2.26. The minimum absolute atomic E-state index is 0.0464. The first-order valence-corrected chi connectivity index (χ1v) is 14.1. The van der Waals surface area contributed by atoms with E-state index in [4.69, 9.17) is 5.11 Å². The van der Waals surface area contributed by atoms with E-state index in [0.717, 1.165) is 25.0 Å². The number of nitrogens with one attached hydrogen (secondary N) is 1. The molecule has 1 aliphatic carbocycles. The molecule has 2 N–H and O–H groups in total. The fourth-order valence-electron chi connectivity index (χ4n) is 5.32. The van der Waals surface area contributed by atoms with E-state index in [-0.39, 0.29) is 36.3 Å². The zero-order valence-electron chi connectivity index (χ0n) is 23.4. The van der Waals surface area contributed by atoms with Gasteiger partial charge in [0.2, 0.25) is 0 Å². The second kappa shape index (κ2) is 14.1. The smallest absolute Gasteiger partial charge is 0.481 e. The molecule has 7 nitrogen and oxygen atoms in total. The number of hydrogen-bond donors (Lipinski definition) is 2. The molecule has 4 rings (SSSR count). The maximum Gasteiger partial charge on any atom is 0.573 e. The lowest BCUT2D eigenvalue weighted by Gasteiger charge is -2.22. The first kappa shape index (κ1) is 31.5. The average molecular weight is 596 g/mol. The molecule has 0 radical (unpaired) electrons. The number of carboxylic acids is 1. The van der Waals surface area contributed by atoms with Gasteiger partial charge >= 0.3 is 12.3 Å². The van der Waals surface area contributed by atoms with Gasteiger partial charge in [0.25, 0.3) is 5.91 Å². The van der Waals surface area contributed by atoms with E-state index in [2.05, 4.69) is 10.1 Å². The van der Waals surface area contributed by atoms with Crippen molar-refractivity contribution in [2.75, 3.05) is 6.54 Å². The first-order valence-electron chi connectivity index (χ1n) is 14.1. The number of carbonyl (C=O) groups is 4. The zero-order valence-corrected chi connectivity index (χ0v) is 23.4. The number of carbonyl (C=O) groups excluding carboxylic acids is 3. The van der Waals surface area contributed by atoms with Crippen LogP contribution in [-0.4, -0.2) is 41.5 Å². The molecule has 1 aliphatic rings. The second-order valence-electron chi connectivity index (χ2n) is 10.6. The quantitative estimate of drug-likeness (QED) is 0.217. The van der Waals surface area contributed by atoms with Gasteiger partial charge < -0.3 is 15.2 Å². The molecule has 226 valence electrons. The Labute approximate surface area is 247 Å². The van der Waals surface area contributed by atoms with Crippen LogP contribution < -0.4 is 10.1 Å². The predicted molar refractivity (Wildman–Crippen MR) is 152 cm³/mol. The number of halogens is 3. The van der Waals surface area contributed by atoms with Gasteiger partial charge in [-0.1, -0.05) is 55.7 Å². The lowest BCUT2D eigenvalue weighted by molar-refractivity contribution is -0.274. The van der Waals surface area contributed by atoms with Gasteiger partial charge in [-0.05, 0) is 66.3 Å². The summed E-state index contributed by atoms with van der Waals surface area (Å²) in [5, 5.41) is 11.3. The molecule has 10 heteroatoms. The van der Waals surface area contributed by atoms with Crippen LogP contribution in [-0.2, 0) is 4.79 Å². The maximum absolute atomic E-state index is 13.8. The summed E-state index contributed by atoms with van der Waals surface area (Å²) >= 11 is 0. The van der Waals surface area contributed by atoms with E-state index in [9.17, 15) is 32.3 Å². The van der Waals surface area contributed by atoms with Crippen molar-refractivity contribution in [3.8, 4) is 5.75 Å². The molecule has 43 heavy (non-hydrogen) atoms. The maximum atomic E-state index is 13.8. The summed E-state index contributed by atoms with van der Waals surface area (Å²) in [6, 6.07) is 18.1. The summed E-state index contributed by atoms with van der Waals surface area (Å²) in [5.41, 5.74) is 2.44. The van der Waals surface area contributed by atoms with Crippen molar-refractivity contribution in [3.63, 3.8) is 0 Å². The van der Waals surface area contributed by atoms with Gasteiger partial charge in [-0.25, -0.2) is 0 Å². The monoisotopic (exact) mass is 595 g/mol. The van der Waals surface area contributed by atoms with Gasteiger partial charge in [0, 0.05) is 29.7 Å². The molecule has 0 bridgehead atoms. The molecule has 3 aromatic carbocycles. The highest BCUT2D eigenvalue weighted by atomic mass is 19.4. The summed E-state index contributed by atoms with van der Waals surface area (Å²) in [6.07, 6.45) is 0.427. The van der Waals surface area contributed by atoms with Crippen molar-refractivity contribution in [2.45, 2.75) is 63.1 Å². The summed E-state index contributed by atoms with van der Waals surface area (Å²) in [4.78, 5) is 50.2. The van der Waals surface area contributed by atoms with Crippen LogP contribution >= 0.6 is 0 Å². The average Bonchev–Trinajstić information content (AvgIpc) is 2.99. The Hall–Kier alpha value is -4.47. The van der Waals surface area contributed by atoms with Crippen LogP contribution in [0.4, 0.5) is 13.2 Å². The van der Waals surface area contributed by atoms with Gasteiger partial charge in [0.15, 0.2) is 11.6 Å². The normalized spacial score (nSPS) is 14.5. The Bertz CT molecular complexity index is 1430. The number of hydrogen-bond acceptors (Lipinski definition) is 5. The molecular formula is C33H32F3NO6. The van der Waals surface area contributed by atoms with E-state index in [0.29, 0.717) is 17.0 Å². The van der Waals surface area contributed by atoms with E-state index >= 15 is 0 Å². The second-order valence-corrected chi connectivity index (χ2v) is 10.6. The lowest BCUT2D eigenvalue weighted by atomic mass is 9.82. The molecule has 0 heterocycles. The molecule has 0 saturated heterocycles. The summed E-state index contributed by atoms with van der Waals surface area (Å²) < 4.78 is 41.5. The van der Waals surface area contributed by atoms with E-state index < -0.39 is 35.7 Å². The van der Waals surface area contributed by atoms with Gasteiger partial charge in [0.1, 0.15) is 5.75 Å². The topological polar surface area (TPSA) is 110 Å². The molecule has 0 aliphatic heterocycles. The first-order chi connectivity index (χ1) is 20.5. The SMILES string of the molecule is O=C(O)CCNC(=O)c1ccc(C(CC(=O)c2ccc(OC(F)(F)F)cc2)C(=O)c2ccc(C3CCCCC3)cc2)cc1. The molecule has 1 fully saturated rings. The van der Waals surface area contributed by atoms with Crippen molar-refractivity contribution in [2.24, 2.45) is 0 Å². The minimum Gasteiger partial charge on any atom is -0.481 e. The summed E-state index contributed by atoms with van der Waals surface area (Å²) in [5.74, 6) is -3.23. The standard InChI is InChI=1S/C33H32F3NO6/c34-33(35,36)43-27-16-14-24(15-17-27)29(38)20-28(23-8-12-26(13-9-23)32(42)37-19-18-30(39)40)31(41)25-10-6-22(7-11-25)21-4-2-1-3-5-21/h6-17,21,28H,1-5,18-20H2,(H,37,42)(H,39,40). The molecule has 1 atom stereocenters. The van der Waals surface area contributed by atoms with Crippen molar-refractivity contribution in [1.29, 1.82) is 0 Å². The van der Waals surface area contributed by atoms with Crippen LogP contribution in [0, 0.1) is 0 Å². The molecule has 0 aromatic heterocycles. The van der Waals surface area contributed by atoms with Gasteiger partial charge in [-0.2, -0.15) is 0 Å². The van der Waals surface area contributed by atoms with Crippen LogP contribution in [0.5, 0.6) is 5.75 Å². The number of benzene rings is 3. The van der Waals surface area contributed by atoms with Gasteiger partial charge in [-0.3, -0.25) is 19.2 Å². The van der Waals surface area contributed by atoms with Crippen molar-refractivity contribution in [3.05, 3.63) is 101 Å². The van der Waals surface area contributed by atoms with E-state index in [1.807, 2.05) is 12.1 Å². The summed E-state index contributed by atoms with van der Waals surface area (Å²) in [6.45, 7) is -0.0464. The Balaban J connectivity index is 1.56. The van der Waals surface area contributed by atoms with Gasteiger partial charge in [0.05, 0.1) is 12.3 Å². The highest BCUT2D eigenvalue weighted by Crippen LogP contribution is 2.34. The molecule has 3 aromatic rings. The molecule has 1 unspecified atom stereocenters. The number of ether oxygens (including phenoxy) is 1. The van der Waals surface area contributed by atoms with E-state index in [1.54, 1.807) is 24.3 Å². The number of ketones is 2. The molecule has 1 saturated carbocycles. The Morgan fingerprint density at radius 2 is 1.40 bits per heavy atom. The Kier molecular flexibility index (Phi) is 10.3. The number of amides is 1. The highest BCUT2D eigenvalue weighted by molar-refractivity contribution is 6.06. The van der Waals surface area contributed by atoms with Crippen LogP contribution in [0.2, 0.25) is 0 Å². The van der Waals surface area contributed by atoms with Crippen LogP contribution in [0.25, 0.3) is 0 Å². The van der Waals surface area contributed by atoms with Crippen molar-refractivity contribution >= 4 is 23.4 Å². The van der Waals surface area contributed by atoms with Crippen molar-refractivity contribution < 1.29 is 42.2 Å². The zero-order chi connectivity index (χ0) is 31.0. The number of aliphatic carboxylic acids is 1. The van der Waals surface area contributed by atoms with E-state index in [1.165, 1.54) is 49.1 Å². The molecule has 0 spiro atoms. The number of carboxylic acid groups (broad SMARTS) is 1. The molecular weight excluding hydrogens is 563 g/mol.